The quantitative estimate of drug-likeness (QED) is 0.896. The van der Waals surface area contributed by atoms with Crippen LogP contribution in [0.5, 0.6) is 0 Å². The van der Waals surface area contributed by atoms with Gasteiger partial charge in [0.05, 0.1) is 0 Å². The number of hydrogen-bond acceptors (Lipinski definition) is 3. The van der Waals surface area contributed by atoms with E-state index in [0.717, 1.165) is 63.4 Å². The fourth-order valence-electron chi connectivity index (χ4n) is 3.95. The molecule has 1 N–H and O–H groups in total. The third kappa shape index (κ3) is 2.99. The lowest BCUT2D eigenvalue weighted by atomic mass is 10.0. The van der Waals surface area contributed by atoms with Crippen molar-refractivity contribution >= 4 is 11.9 Å². The molecule has 0 aromatic carbocycles. The molecule has 0 spiro atoms. The molecule has 7 heteroatoms. The maximum absolute atomic E-state index is 12.7. The van der Waals surface area contributed by atoms with E-state index in [1.54, 1.807) is 7.05 Å². The average molecular weight is 333 g/mol. The molecule has 0 saturated carbocycles. The highest BCUT2D eigenvalue weighted by atomic mass is 16.2. The summed E-state index contributed by atoms with van der Waals surface area (Å²) in [6.07, 6.45) is 3.95. The molecule has 24 heavy (non-hydrogen) atoms. The minimum Gasteiger partial charge on any atom is -0.341 e. The zero-order valence-electron chi connectivity index (χ0n) is 14.8. The van der Waals surface area contributed by atoms with E-state index >= 15 is 0 Å². The first-order valence-corrected chi connectivity index (χ1v) is 8.84. The van der Waals surface area contributed by atoms with Gasteiger partial charge in [0, 0.05) is 45.0 Å². The van der Waals surface area contributed by atoms with Crippen LogP contribution in [0.15, 0.2) is 0 Å². The van der Waals surface area contributed by atoms with Gasteiger partial charge in [0.1, 0.15) is 11.5 Å². The zero-order valence-corrected chi connectivity index (χ0v) is 14.8. The Morgan fingerprint density at radius 3 is 2.25 bits per heavy atom. The van der Waals surface area contributed by atoms with Crippen LogP contribution in [0.1, 0.15) is 53.7 Å². The first kappa shape index (κ1) is 16.8. The molecule has 3 amide bonds. The monoisotopic (exact) mass is 333 g/mol. The summed E-state index contributed by atoms with van der Waals surface area (Å²) < 4.78 is 2.20. The van der Waals surface area contributed by atoms with Crippen molar-refractivity contribution in [1.82, 2.24) is 24.7 Å². The van der Waals surface area contributed by atoms with E-state index in [4.69, 9.17) is 0 Å². The Hall–Kier alpha value is -2.05. The van der Waals surface area contributed by atoms with Gasteiger partial charge in [0.2, 0.25) is 0 Å². The third-order valence-corrected chi connectivity index (χ3v) is 5.25. The number of imidazole rings is 1. The number of urea groups is 1. The Balaban J connectivity index is 1.75. The SMILES string of the molecule is CNC(=O)N1CCC(n2c(C)nc(C(=O)N3CCCC3)c2C)CC1. The van der Waals surface area contributed by atoms with Crippen LogP contribution in [-0.4, -0.2) is 64.5 Å². The van der Waals surface area contributed by atoms with Crippen LogP contribution >= 0.6 is 0 Å². The van der Waals surface area contributed by atoms with Gasteiger partial charge in [-0.15, -0.1) is 0 Å². The third-order valence-electron chi connectivity index (χ3n) is 5.25. The van der Waals surface area contributed by atoms with Crippen molar-refractivity contribution in [3.8, 4) is 0 Å². The lowest BCUT2D eigenvalue weighted by Gasteiger charge is -2.33. The second kappa shape index (κ2) is 6.83. The molecule has 2 fully saturated rings. The van der Waals surface area contributed by atoms with Gasteiger partial charge in [0.15, 0.2) is 0 Å². The number of hydrogen-bond donors (Lipinski definition) is 1. The summed E-state index contributed by atoms with van der Waals surface area (Å²) in [5.41, 5.74) is 1.56. The first-order chi connectivity index (χ1) is 11.5. The first-order valence-electron chi connectivity index (χ1n) is 8.84. The number of amides is 3. The number of carbonyl (C=O) groups is 2. The molecule has 2 aliphatic rings. The van der Waals surface area contributed by atoms with Crippen molar-refractivity contribution < 1.29 is 9.59 Å². The van der Waals surface area contributed by atoms with Gasteiger partial charge in [-0.3, -0.25) is 4.79 Å². The number of nitrogens with zero attached hydrogens (tertiary/aromatic N) is 4. The Bertz CT molecular complexity index is 625. The molecule has 0 atom stereocenters. The smallest absolute Gasteiger partial charge is 0.317 e. The molecule has 1 aromatic heterocycles. The van der Waals surface area contributed by atoms with Crippen LogP contribution in [0.25, 0.3) is 0 Å². The Morgan fingerprint density at radius 1 is 1.04 bits per heavy atom. The predicted molar refractivity (Wildman–Crippen MR) is 91.1 cm³/mol. The summed E-state index contributed by atoms with van der Waals surface area (Å²) >= 11 is 0. The Morgan fingerprint density at radius 2 is 1.67 bits per heavy atom. The van der Waals surface area contributed by atoms with E-state index < -0.39 is 0 Å². The van der Waals surface area contributed by atoms with E-state index in [9.17, 15) is 9.59 Å². The number of likely N-dealkylation sites (tertiary alicyclic amines) is 2. The Kier molecular flexibility index (Phi) is 4.78. The summed E-state index contributed by atoms with van der Waals surface area (Å²) in [5.74, 6) is 0.961. The maximum atomic E-state index is 12.7. The molecule has 2 saturated heterocycles. The molecular formula is C17H27N5O2. The van der Waals surface area contributed by atoms with Crippen molar-refractivity contribution in [2.24, 2.45) is 0 Å². The van der Waals surface area contributed by atoms with Gasteiger partial charge >= 0.3 is 6.03 Å². The molecule has 0 aliphatic carbocycles. The van der Waals surface area contributed by atoms with Crippen LogP contribution in [0.3, 0.4) is 0 Å². The standard InChI is InChI=1S/C17H27N5O2/c1-12-15(16(23)20-8-4-5-9-20)19-13(2)22(12)14-6-10-21(11-7-14)17(24)18-3/h14H,4-11H2,1-3H3,(H,18,24). The number of aryl methyl sites for hydroxylation is 1. The fourth-order valence-corrected chi connectivity index (χ4v) is 3.95. The highest BCUT2D eigenvalue weighted by Gasteiger charge is 2.29. The van der Waals surface area contributed by atoms with Gasteiger partial charge in [0.25, 0.3) is 5.91 Å². The van der Waals surface area contributed by atoms with E-state index in [2.05, 4.69) is 14.9 Å². The lowest BCUT2D eigenvalue weighted by Crippen LogP contribution is -2.43. The summed E-state index contributed by atoms with van der Waals surface area (Å²) in [4.78, 5) is 32.7. The van der Waals surface area contributed by atoms with Crippen molar-refractivity contribution in [2.75, 3.05) is 33.2 Å². The van der Waals surface area contributed by atoms with Gasteiger partial charge in [-0.1, -0.05) is 0 Å². The second-order valence-electron chi connectivity index (χ2n) is 6.74. The minimum absolute atomic E-state index is 0.0163. The van der Waals surface area contributed by atoms with E-state index in [-0.39, 0.29) is 11.9 Å². The van der Waals surface area contributed by atoms with Crippen molar-refractivity contribution in [3.05, 3.63) is 17.2 Å². The number of piperidine rings is 1. The molecule has 3 heterocycles. The fraction of sp³-hybridized carbons (Fsp3) is 0.706. The Labute approximate surface area is 143 Å². The topological polar surface area (TPSA) is 70.5 Å². The minimum atomic E-state index is -0.0163. The van der Waals surface area contributed by atoms with Crippen molar-refractivity contribution in [1.29, 1.82) is 0 Å². The zero-order chi connectivity index (χ0) is 17.3. The molecular weight excluding hydrogens is 306 g/mol. The van der Waals surface area contributed by atoms with Crippen molar-refractivity contribution in [2.45, 2.75) is 45.6 Å². The van der Waals surface area contributed by atoms with Gasteiger partial charge < -0.3 is 19.7 Å². The number of aromatic nitrogens is 2. The second-order valence-corrected chi connectivity index (χ2v) is 6.74. The van der Waals surface area contributed by atoms with Gasteiger partial charge in [-0.05, 0) is 39.5 Å². The largest absolute Gasteiger partial charge is 0.341 e. The maximum Gasteiger partial charge on any atom is 0.317 e. The lowest BCUT2D eigenvalue weighted by molar-refractivity contribution is 0.0786. The van der Waals surface area contributed by atoms with Gasteiger partial charge in [-0.2, -0.15) is 0 Å². The summed E-state index contributed by atoms with van der Waals surface area (Å²) in [7, 11) is 1.66. The number of nitrogens with one attached hydrogen (secondary N) is 1. The summed E-state index contributed by atoms with van der Waals surface area (Å²) in [6, 6.07) is 0.288. The summed E-state index contributed by atoms with van der Waals surface area (Å²) in [6.45, 7) is 7.12. The summed E-state index contributed by atoms with van der Waals surface area (Å²) in [5, 5.41) is 2.68. The van der Waals surface area contributed by atoms with Crippen molar-refractivity contribution in [3.63, 3.8) is 0 Å². The molecule has 1 aromatic rings. The molecule has 2 aliphatic heterocycles. The van der Waals surface area contributed by atoms with E-state index in [1.165, 1.54) is 0 Å². The molecule has 0 bridgehead atoms. The van der Waals surface area contributed by atoms with Crippen LogP contribution in [-0.2, 0) is 0 Å². The highest BCUT2D eigenvalue weighted by Crippen LogP contribution is 2.27. The molecule has 7 nitrogen and oxygen atoms in total. The van der Waals surface area contributed by atoms with E-state index in [1.807, 2.05) is 23.6 Å². The van der Waals surface area contributed by atoms with Crippen LogP contribution in [0.4, 0.5) is 4.79 Å². The molecule has 132 valence electrons. The van der Waals surface area contributed by atoms with Crippen LogP contribution < -0.4 is 5.32 Å². The highest BCUT2D eigenvalue weighted by molar-refractivity contribution is 5.93. The molecule has 3 rings (SSSR count). The number of carbonyl (C=O) groups excluding carboxylic acids is 2. The van der Waals surface area contributed by atoms with Crippen LogP contribution in [0.2, 0.25) is 0 Å². The molecule has 0 radical (unpaired) electrons. The van der Waals surface area contributed by atoms with Gasteiger partial charge in [-0.25, -0.2) is 9.78 Å². The number of rotatable bonds is 2. The average Bonchev–Trinajstić information content (AvgIpc) is 3.22. The van der Waals surface area contributed by atoms with Crippen LogP contribution in [0, 0.1) is 13.8 Å². The predicted octanol–water partition coefficient (Wildman–Crippen LogP) is 1.71. The normalized spacial score (nSPS) is 19.0. The molecule has 0 unspecified atom stereocenters. The van der Waals surface area contributed by atoms with E-state index in [0.29, 0.717) is 11.7 Å².